The van der Waals surface area contributed by atoms with Crippen molar-refractivity contribution in [3.8, 4) is 0 Å². The van der Waals surface area contributed by atoms with Crippen molar-refractivity contribution in [3.05, 3.63) is 58.9 Å². The summed E-state index contributed by atoms with van der Waals surface area (Å²) < 4.78 is 2.08. The summed E-state index contributed by atoms with van der Waals surface area (Å²) in [5, 5.41) is 8.94. The number of nitrogens with zero attached hydrogens (tertiary/aromatic N) is 2. The third-order valence-corrected chi connectivity index (χ3v) is 3.98. The van der Waals surface area contributed by atoms with Gasteiger partial charge in [0.2, 0.25) is 0 Å². The summed E-state index contributed by atoms with van der Waals surface area (Å²) in [4.78, 5) is 24.8. The third-order valence-electron chi connectivity index (χ3n) is 3.98. The number of carboxylic acid groups (broad SMARTS) is 1. The van der Waals surface area contributed by atoms with Gasteiger partial charge in [-0.2, -0.15) is 0 Å². The van der Waals surface area contributed by atoms with Gasteiger partial charge in [0.25, 0.3) is 5.91 Å². The molecule has 1 aromatic carbocycles. The molecule has 1 aromatic heterocycles. The molecule has 0 aliphatic rings. The SMILES string of the molecule is CCN(CC(=O)O)C(=O)c1cc(C)n(Cc2ccccc2)c1C. The van der Waals surface area contributed by atoms with Crippen molar-refractivity contribution < 1.29 is 14.7 Å². The lowest BCUT2D eigenvalue weighted by atomic mass is 10.2. The monoisotopic (exact) mass is 314 g/mol. The maximum Gasteiger partial charge on any atom is 0.323 e. The van der Waals surface area contributed by atoms with E-state index in [2.05, 4.69) is 4.57 Å². The van der Waals surface area contributed by atoms with Crippen LogP contribution in [-0.2, 0) is 11.3 Å². The van der Waals surface area contributed by atoms with Gasteiger partial charge in [-0.05, 0) is 32.4 Å². The van der Waals surface area contributed by atoms with E-state index < -0.39 is 5.97 Å². The maximum absolute atomic E-state index is 12.6. The summed E-state index contributed by atoms with van der Waals surface area (Å²) in [6.07, 6.45) is 0. The van der Waals surface area contributed by atoms with Crippen LogP contribution >= 0.6 is 0 Å². The molecule has 0 fully saturated rings. The normalized spacial score (nSPS) is 10.6. The molecule has 1 amide bonds. The summed E-state index contributed by atoms with van der Waals surface area (Å²) >= 11 is 0. The van der Waals surface area contributed by atoms with E-state index in [1.807, 2.05) is 50.2 Å². The predicted molar refractivity (Wildman–Crippen MR) is 88.7 cm³/mol. The molecule has 5 nitrogen and oxygen atoms in total. The number of carbonyl (C=O) groups is 2. The third kappa shape index (κ3) is 3.80. The minimum absolute atomic E-state index is 0.234. The first kappa shape index (κ1) is 16.8. The minimum Gasteiger partial charge on any atom is -0.480 e. The number of hydrogen-bond acceptors (Lipinski definition) is 2. The zero-order valence-electron chi connectivity index (χ0n) is 13.7. The first-order valence-electron chi connectivity index (χ1n) is 7.65. The molecule has 0 aliphatic carbocycles. The number of aromatic nitrogens is 1. The van der Waals surface area contributed by atoms with Gasteiger partial charge < -0.3 is 14.6 Å². The maximum atomic E-state index is 12.6. The number of aryl methyl sites for hydroxylation is 1. The molecule has 1 N–H and O–H groups in total. The van der Waals surface area contributed by atoms with Gasteiger partial charge in [-0.15, -0.1) is 0 Å². The van der Waals surface area contributed by atoms with E-state index in [9.17, 15) is 9.59 Å². The number of carboxylic acids is 1. The van der Waals surface area contributed by atoms with E-state index in [0.29, 0.717) is 18.7 Å². The standard InChI is InChI=1S/C18H22N2O3/c1-4-19(12-17(21)22)18(23)16-10-13(2)20(14(16)3)11-15-8-6-5-7-9-15/h5-10H,4,11-12H2,1-3H3,(H,21,22). The fourth-order valence-corrected chi connectivity index (χ4v) is 2.69. The van der Waals surface area contributed by atoms with Gasteiger partial charge in [-0.1, -0.05) is 30.3 Å². The van der Waals surface area contributed by atoms with Crippen LogP contribution in [0.25, 0.3) is 0 Å². The summed E-state index contributed by atoms with van der Waals surface area (Å²) in [7, 11) is 0. The lowest BCUT2D eigenvalue weighted by Crippen LogP contribution is -2.35. The van der Waals surface area contributed by atoms with Crippen LogP contribution in [0.15, 0.2) is 36.4 Å². The Morgan fingerprint density at radius 1 is 1.17 bits per heavy atom. The average Bonchev–Trinajstić information content (AvgIpc) is 2.81. The van der Waals surface area contributed by atoms with E-state index in [1.165, 1.54) is 4.90 Å². The number of rotatable bonds is 6. The Hall–Kier alpha value is -2.56. The van der Waals surface area contributed by atoms with Crippen molar-refractivity contribution in [2.75, 3.05) is 13.1 Å². The first-order chi connectivity index (χ1) is 10.9. The van der Waals surface area contributed by atoms with Crippen molar-refractivity contribution in [2.24, 2.45) is 0 Å². The molecule has 0 radical (unpaired) electrons. The van der Waals surface area contributed by atoms with Crippen LogP contribution in [0.3, 0.4) is 0 Å². The van der Waals surface area contributed by atoms with Crippen molar-refractivity contribution in [1.29, 1.82) is 0 Å². The molecule has 0 unspecified atom stereocenters. The van der Waals surface area contributed by atoms with E-state index in [4.69, 9.17) is 5.11 Å². The summed E-state index contributed by atoms with van der Waals surface area (Å²) in [6, 6.07) is 11.9. The highest BCUT2D eigenvalue weighted by Crippen LogP contribution is 2.19. The van der Waals surface area contributed by atoms with E-state index >= 15 is 0 Å². The van der Waals surface area contributed by atoms with Gasteiger partial charge in [0.1, 0.15) is 6.54 Å². The van der Waals surface area contributed by atoms with Crippen LogP contribution in [0, 0.1) is 13.8 Å². The van der Waals surface area contributed by atoms with E-state index in [0.717, 1.165) is 17.0 Å². The van der Waals surface area contributed by atoms with Crippen molar-refractivity contribution in [3.63, 3.8) is 0 Å². The second kappa shape index (κ2) is 7.13. The molecule has 122 valence electrons. The zero-order valence-corrected chi connectivity index (χ0v) is 13.7. The van der Waals surface area contributed by atoms with Gasteiger partial charge in [0.05, 0.1) is 5.56 Å². The molecular formula is C18H22N2O3. The van der Waals surface area contributed by atoms with Gasteiger partial charge >= 0.3 is 5.97 Å². The molecule has 5 heteroatoms. The van der Waals surface area contributed by atoms with Crippen LogP contribution in [-0.4, -0.2) is 39.5 Å². The van der Waals surface area contributed by atoms with Gasteiger partial charge in [-0.25, -0.2) is 0 Å². The molecule has 2 rings (SSSR count). The Labute approximate surface area is 136 Å². The van der Waals surface area contributed by atoms with Crippen molar-refractivity contribution in [1.82, 2.24) is 9.47 Å². The average molecular weight is 314 g/mol. The van der Waals surface area contributed by atoms with Gasteiger partial charge in [0.15, 0.2) is 0 Å². The molecule has 23 heavy (non-hydrogen) atoms. The van der Waals surface area contributed by atoms with Crippen LogP contribution < -0.4 is 0 Å². The fraction of sp³-hybridized carbons (Fsp3) is 0.333. The quantitative estimate of drug-likeness (QED) is 0.891. The Bertz CT molecular complexity index is 705. The fourth-order valence-electron chi connectivity index (χ4n) is 2.69. The van der Waals surface area contributed by atoms with Gasteiger partial charge in [0, 0.05) is 24.5 Å². The predicted octanol–water partition coefficient (Wildman–Crippen LogP) is 2.70. The Kier molecular flexibility index (Phi) is 5.21. The first-order valence-corrected chi connectivity index (χ1v) is 7.65. The number of carbonyl (C=O) groups excluding carboxylic acids is 1. The second-order valence-electron chi connectivity index (χ2n) is 5.57. The van der Waals surface area contributed by atoms with E-state index in [-0.39, 0.29) is 12.5 Å². The summed E-state index contributed by atoms with van der Waals surface area (Å²) in [5.74, 6) is -1.24. The molecular weight excluding hydrogens is 292 g/mol. The number of aliphatic carboxylic acids is 1. The molecule has 1 heterocycles. The summed E-state index contributed by atoms with van der Waals surface area (Å²) in [5.41, 5.74) is 3.58. The molecule has 0 atom stereocenters. The Morgan fingerprint density at radius 3 is 2.39 bits per heavy atom. The Morgan fingerprint density at radius 2 is 1.83 bits per heavy atom. The Balaban J connectivity index is 2.29. The van der Waals surface area contributed by atoms with Crippen molar-refractivity contribution in [2.45, 2.75) is 27.3 Å². The van der Waals surface area contributed by atoms with E-state index in [1.54, 1.807) is 6.92 Å². The van der Waals surface area contributed by atoms with Crippen LogP contribution in [0.4, 0.5) is 0 Å². The minimum atomic E-state index is -1.00. The van der Waals surface area contributed by atoms with Crippen LogP contribution in [0.5, 0.6) is 0 Å². The topological polar surface area (TPSA) is 62.5 Å². The smallest absolute Gasteiger partial charge is 0.323 e. The zero-order chi connectivity index (χ0) is 17.0. The highest BCUT2D eigenvalue weighted by Gasteiger charge is 2.22. The molecule has 0 saturated carbocycles. The molecule has 2 aromatic rings. The molecule has 0 spiro atoms. The van der Waals surface area contributed by atoms with Crippen LogP contribution in [0.1, 0.15) is 34.2 Å². The van der Waals surface area contributed by atoms with Crippen LogP contribution in [0.2, 0.25) is 0 Å². The van der Waals surface area contributed by atoms with Gasteiger partial charge in [-0.3, -0.25) is 9.59 Å². The number of amides is 1. The lowest BCUT2D eigenvalue weighted by Gasteiger charge is -2.18. The number of hydrogen-bond donors (Lipinski definition) is 1. The lowest BCUT2D eigenvalue weighted by molar-refractivity contribution is -0.137. The van der Waals surface area contributed by atoms with Crippen molar-refractivity contribution >= 4 is 11.9 Å². The molecule has 0 saturated heterocycles. The molecule has 0 bridgehead atoms. The number of benzene rings is 1. The summed E-state index contributed by atoms with van der Waals surface area (Å²) in [6.45, 7) is 6.42. The highest BCUT2D eigenvalue weighted by molar-refractivity contribution is 5.97. The second-order valence-corrected chi connectivity index (χ2v) is 5.57. The highest BCUT2D eigenvalue weighted by atomic mass is 16.4. The largest absolute Gasteiger partial charge is 0.480 e. The molecule has 0 aliphatic heterocycles. The number of likely N-dealkylation sites (N-methyl/N-ethyl adjacent to an activating group) is 1.